The lowest BCUT2D eigenvalue weighted by atomic mass is 9.88. The predicted octanol–water partition coefficient (Wildman–Crippen LogP) is 4.54. The Morgan fingerprint density at radius 1 is 0.846 bits per heavy atom. The van der Waals surface area contributed by atoms with E-state index in [9.17, 15) is 15.0 Å². The average Bonchev–Trinajstić information content (AvgIpc) is 2.60. The molecule has 0 aromatic heterocycles. The SMILES string of the molecule is CCCCCC(O)CCCC(CCCCCCC(=O)O)C(O)CCOC. The van der Waals surface area contributed by atoms with E-state index in [4.69, 9.17) is 9.84 Å². The van der Waals surface area contributed by atoms with Crippen LogP contribution in [0, 0.1) is 5.92 Å². The minimum atomic E-state index is -0.727. The van der Waals surface area contributed by atoms with Crippen LogP contribution >= 0.6 is 0 Å². The molecule has 5 nitrogen and oxygen atoms in total. The van der Waals surface area contributed by atoms with Crippen LogP contribution in [0.15, 0.2) is 0 Å². The molecule has 156 valence electrons. The molecule has 3 unspecified atom stereocenters. The Morgan fingerprint density at radius 2 is 1.46 bits per heavy atom. The van der Waals surface area contributed by atoms with Crippen molar-refractivity contribution in [2.75, 3.05) is 13.7 Å². The van der Waals surface area contributed by atoms with Gasteiger partial charge in [0.15, 0.2) is 0 Å². The van der Waals surface area contributed by atoms with E-state index >= 15 is 0 Å². The van der Waals surface area contributed by atoms with E-state index in [1.54, 1.807) is 7.11 Å². The van der Waals surface area contributed by atoms with Gasteiger partial charge in [0, 0.05) is 20.1 Å². The van der Waals surface area contributed by atoms with Crippen molar-refractivity contribution in [1.29, 1.82) is 0 Å². The Hall–Kier alpha value is -0.650. The van der Waals surface area contributed by atoms with E-state index in [1.165, 1.54) is 12.8 Å². The fourth-order valence-corrected chi connectivity index (χ4v) is 3.43. The number of methoxy groups -OCH3 is 1. The molecular weight excluding hydrogens is 332 g/mol. The smallest absolute Gasteiger partial charge is 0.303 e. The number of hydrogen-bond acceptors (Lipinski definition) is 4. The first-order valence-electron chi connectivity index (χ1n) is 10.6. The molecule has 0 aliphatic heterocycles. The maximum atomic E-state index is 10.5. The van der Waals surface area contributed by atoms with Gasteiger partial charge in [-0.3, -0.25) is 4.79 Å². The molecule has 0 amide bonds. The molecule has 0 radical (unpaired) electrons. The summed E-state index contributed by atoms with van der Waals surface area (Å²) in [6.07, 6.45) is 12.0. The van der Waals surface area contributed by atoms with Crippen molar-refractivity contribution >= 4 is 5.97 Å². The number of rotatable bonds is 19. The van der Waals surface area contributed by atoms with E-state index in [0.717, 1.165) is 64.2 Å². The highest BCUT2D eigenvalue weighted by Crippen LogP contribution is 2.24. The summed E-state index contributed by atoms with van der Waals surface area (Å²) in [5, 5.41) is 29.1. The number of ether oxygens (including phenoxy) is 1. The van der Waals surface area contributed by atoms with E-state index in [2.05, 4.69) is 6.92 Å². The number of aliphatic carboxylic acids is 1. The van der Waals surface area contributed by atoms with Gasteiger partial charge >= 0.3 is 5.97 Å². The molecule has 0 rings (SSSR count). The summed E-state index contributed by atoms with van der Waals surface area (Å²) in [6.45, 7) is 2.73. The van der Waals surface area contributed by atoms with Crippen LogP contribution in [0.4, 0.5) is 0 Å². The number of aliphatic hydroxyl groups excluding tert-OH is 2. The van der Waals surface area contributed by atoms with Gasteiger partial charge in [-0.1, -0.05) is 51.9 Å². The lowest BCUT2D eigenvalue weighted by Gasteiger charge is -2.23. The summed E-state index contributed by atoms with van der Waals surface area (Å²) in [6, 6.07) is 0. The van der Waals surface area contributed by atoms with Crippen LogP contribution in [-0.4, -0.2) is 47.2 Å². The molecule has 0 saturated heterocycles. The molecule has 0 aliphatic carbocycles. The van der Waals surface area contributed by atoms with Crippen LogP contribution in [0.1, 0.15) is 96.8 Å². The molecule has 26 heavy (non-hydrogen) atoms. The lowest BCUT2D eigenvalue weighted by molar-refractivity contribution is -0.137. The number of hydrogen-bond donors (Lipinski definition) is 3. The first kappa shape index (κ1) is 25.4. The highest BCUT2D eigenvalue weighted by Gasteiger charge is 2.19. The third-order valence-corrected chi connectivity index (χ3v) is 5.13. The number of carboxylic acids is 1. The summed E-state index contributed by atoms with van der Waals surface area (Å²) in [7, 11) is 1.65. The van der Waals surface area contributed by atoms with Gasteiger partial charge < -0.3 is 20.1 Å². The molecule has 0 spiro atoms. The topological polar surface area (TPSA) is 87.0 Å². The molecule has 3 N–H and O–H groups in total. The normalized spacial score (nSPS) is 14.9. The Balaban J connectivity index is 4.07. The Kier molecular flexibility index (Phi) is 17.3. The van der Waals surface area contributed by atoms with Gasteiger partial charge in [-0.05, 0) is 44.4 Å². The van der Waals surface area contributed by atoms with Crippen LogP contribution in [0.3, 0.4) is 0 Å². The molecule has 3 atom stereocenters. The van der Waals surface area contributed by atoms with E-state index < -0.39 is 5.97 Å². The zero-order chi connectivity index (χ0) is 19.6. The summed E-state index contributed by atoms with van der Waals surface area (Å²) < 4.78 is 5.08. The summed E-state index contributed by atoms with van der Waals surface area (Å²) >= 11 is 0. The second-order valence-corrected chi connectivity index (χ2v) is 7.54. The van der Waals surface area contributed by atoms with Gasteiger partial charge in [0.2, 0.25) is 0 Å². The quantitative estimate of drug-likeness (QED) is 0.289. The average molecular weight is 375 g/mol. The van der Waals surface area contributed by atoms with E-state index in [1.807, 2.05) is 0 Å². The van der Waals surface area contributed by atoms with Crippen LogP contribution in [-0.2, 0) is 9.53 Å². The van der Waals surface area contributed by atoms with Crippen molar-refractivity contribution in [3.05, 3.63) is 0 Å². The standard InChI is InChI=1S/C21H42O5/c1-3-4-7-13-19(22)14-10-12-18(20(23)16-17-26-2)11-8-5-6-9-15-21(24)25/h18-20,22-23H,3-17H2,1-2H3,(H,24,25). The van der Waals surface area contributed by atoms with Gasteiger partial charge in [0.05, 0.1) is 12.2 Å². The fourth-order valence-electron chi connectivity index (χ4n) is 3.43. The molecular formula is C21H42O5. The predicted molar refractivity (Wildman–Crippen MR) is 105 cm³/mol. The van der Waals surface area contributed by atoms with Gasteiger partial charge in [-0.15, -0.1) is 0 Å². The molecule has 0 aliphatic rings. The minimum Gasteiger partial charge on any atom is -0.481 e. The summed E-state index contributed by atoms with van der Waals surface area (Å²) in [5.41, 5.74) is 0. The zero-order valence-electron chi connectivity index (χ0n) is 17.0. The van der Waals surface area contributed by atoms with Gasteiger partial charge in [-0.2, -0.15) is 0 Å². The second kappa shape index (κ2) is 17.7. The van der Waals surface area contributed by atoms with Crippen molar-refractivity contribution in [1.82, 2.24) is 0 Å². The fraction of sp³-hybridized carbons (Fsp3) is 0.952. The maximum absolute atomic E-state index is 10.5. The molecule has 0 aromatic carbocycles. The van der Waals surface area contributed by atoms with Gasteiger partial charge in [0.1, 0.15) is 0 Å². The number of carbonyl (C=O) groups is 1. The highest BCUT2D eigenvalue weighted by molar-refractivity contribution is 5.66. The molecule has 0 bridgehead atoms. The Morgan fingerprint density at radius 3 is 2.12 bits per heavy atom. The third-order valence-electron chi connectivity index (χ3n) is 5.13. The number of unbranched alkanes of at least 4 members (excludes halogenated alkanes) is 5. The Bertz CT molecular complexity index is 322. The third kappa shape index (κ3) is 15.6. The molecule has 0 fully saturated rings. The molecule has 0 aromatic rings. The van der Waals surface area contributed by atoms with Crippen LogP contribution in [0.2, 0.25) is 0 Å². The summed E-state index contributed by atoms with van der Waals surface area (Å²) in [4.78, 5) is 10.5. The minimum absolute atomic E-state index is 0.214. The van der Waals surface area contributed by atoms with Crippen LogP contribution in [0.25, 0.3) is 0 Å². The van der Waals surface area contributed by atoms with Gasteiger partial charge in [0.25, 0.3) is 0 Å². The first-order valence-corrected chi connectivity index (χ1v) is 10.6. The summed E-state index contributed by atoms with van der Waals surface area (Å²) in [5.74, 6) is -0.483. The highest BCUT2D eigenvalue weighted by atomic mass is 16.5. The number of aliphatic hydroxyl groups is 2. The lowest BCUT2D eigenvalue weighted by Crippen LogP contribution is -2.22. The first-order chi connectivity index (χ1) is 12.5. The monoisotopic (exact) mass is 374 g/mol. The van der Waals surface area contributed by atoms with Crippen molar-refractivity contribution < 1.29 is 24.9 Å². The van der Waals surface area contributed by atoms with Gasteiger partial charge in [-0.25, -0.2) is 0 Å². The Labute approximate surface area is 160 Å². The maximum Gasteiger partial charge on any atom is 0.303 e. The number of carboxylic acid groups (broad SMARTS) is 1. The second-order valence-electron chi connectivity index (χ2n) is 7.54. The van der Waals surface area contributed by atoms with E-state index in [-0.39, 0.29) is 24.5 Å². The molecule has 0 heterocycles. The van der Waals surface area contributed by atoms with Crippen molar-refractivity contribution in [3.8, 4) is 0 Å². The van der Waals surface area contributed by atoms with Crippen molar-refractivity contribution in [2.45, 2.75) is 109 Å². The molecule has 0 saturated carbocycles. The van der Waals surface area contributed by atoms with E-state index in [0.29, 0.717) is 13.0 Å². The van der Waals surface area contributed by atoms with Crippen LogP contribution < -0.4 is 0 Å². The van der Waals surface area contributed by atoms with Crippen LogP contribution in [0.5, 0.6) is 0 Å². The largest absolute Gasteiger partial charge is 0.481 e. The van der Waals surface area contributed by atoms with Crippen molar-refractivity contribution in [2.24, 2.45) is 5.92 Å². The molecule has 5 heteroatoms. The zero-order valence-corrected chi connectivity index (χ0v) is 17.0. The van der Waals surface area contributed by atoms with Crippen molar-refractivity contribution in [3.63, 3.8) is 0 Å².